The maximum absolute atomic E-state index is 15.2. The SMILES string of the molecule is CC1CN(c2cc(F)c(-c3cccc(F)n3)cc2NC(=O)c2c[nH]c(=O)cc2C(F)(F)F)CCN1C. The fraction of sp³-hybridized carbons (Fsp3) is 0.292. The molecule has 1 aliphatic rings. The van der Waals surface area contributed by atoms with Crippen LogP contribution >= 0.6 is 0 Å². The van der Waals surface area contributed by atoms with Crippen LogP contribution in [0.25, 0.3) is 11.3 Å². The largest absolute Gasteiger partial charge is 0.417 e. The lowest BCUT2D eigenvalue weighted by Gasteiger charge is -2.39. The summed E-state index contributed by atoms with van der Waals surface area (Å²) in [7, 11) is 1.93. The minimum Gasteiger partial charge on any atom is -0.367 e. The molecule has 4 rings (SSSR count). The molecule has 2 N–H and O–H groups in total. The summed E-state index contributed by atoms with van der Waals surface area (Å²) in [6.07, 6.45) is -4.28. The highest BCUT2D eigenvalue weighted by Crippen LogP contribution is 2.36. The van der Waals surface area contributed by atoms with E-state index >= 15 is 4.39 Å². The first-order chi connectivity index (χ1) is 16.9. The average Bonchev–Trinajstić information content (AvgIpc) is 2.81. The lowest BCUT2D eigenvalue weighted by Crippen LogP contribution is -2.50. The third kappa shape index (κ3) is 5.23. The van der Waals surface area contributed by atoms with Gasteiger partial charge in [-0.05, 0) is 38.2 Å². The number of amides is 1. The summed E-state index contributed by atoms with van der Waals surface area (Å²) in [5.41, 5.74) is -3.18. The smallest absolute Gasteiger partial charge is 0.367 e. The van der Waals surface area contributed by atoms with Crippen LogP contribution in [-0.4, -0.2) is 53.5 Å². The summed E-state index contributed by atoms with van der Waals surface area (Å²) in [5, 5.41) is 2.43. The van der Waals surface area contributed by atoms with Crippen molar-refractivity contribution in [2.75, 3.05) is 36.9 Å². The van der Waals surface area contributed by atoms with Crippen LogP contribution in [0.5, 0.6) is 0 Å². The Morgan fingerprint density at radius 1 is 1.17 bits per heavy atom. The van der Waals surface area contributed by atoms with Crippen LogP contribution < -0.4 is 15.8 Å². The van der Waals surface area contributed by atoms with Gasteiger partial charge in [0.25, 0.3) is 5.91 Å². The Morgan fingerprint density at radius 3 is 2.58 bits per heavy atom. The number of carbonyl (C=O) groups is 1. The Hall–Kier alpha value is -3.80. The van der Waals surface area contributed by atoms with Crippen molar-refractivity contribution in [3.8, 4) is 11.3 Å². The maximum Gasteiger partial charge on any atom is 0.417 e. The first kappa shape index (κ1) is 25.3. The van der Waals surface area contributed by atoms with Gasteiger partial charge in [0.1, 0.15) is 5.82 Å². The van der Waals surface area contributed by atoms with Crippen molar-refractivity contribution in [2.24, 2.45) is 0 Å². The van der Waals surface area contributed by atoms with E-state index < -0.39 is 40.5 Å². The molecule has 0 spiro atoms. The average molecular weight is 507 g/mol. The minimum atomic E-state index is -4.96. The number of nitrogens with zero attached hydrogens (tertiary/aromatic N) is 3. The second-order valence-electron chi connectivity index (χ2n) is 8.55. The Kier molecular flexibility index (Phi) is 6.81. The number of hydrogen-bond acceptors (Lipinski definition) is 5. The van der Waals surface area contributed by atoms with Gasteiger partial charge in [-0.25, -0.2) is 9.37 Å². The van der Waals surface area contributed by atoms with E-state index in [9.17, 15) is 27.2 Å². The number of nitrogens with one attached hydrogen (secondary N) is 2. The van der Waals surface area contributed by atoms with Gasteiger partial charge in [0.15, 0.2) is 0 Å². The molecule has 1 aliphatic heterocycles. The van der Waals surface area contributed by atoms with Gasteiger partial charge >= 0.3 is 6.18 Å². The van der Waals surface area contributed by atoms with Gasteiger partial charge in [-0.2, -0.15) is 17.6 Å². The Balaban J connectivity index is 1.81. The molecule has 0 aliphatic carbocycles. The lowest BCUT2D eigenvalue weighted by molar-refractivity contribution is -0.138. The van der Waals surface area contributed by atoms with Gasteiger partial charge in [0.05, 0.1) is 28.2 Å². The number of anilines is 2. The van der Waals surface area contributed by atoms with Crippen molar-refractivity contribution >= 4 is 17.3 Å². The molecule has 0 bridgehead atoms. The fourth-order valence-electron chi connectivity index (χ4n) is 4.03. The quantitative estimate of drug-likeness (QED) is 0.410. The van der Waals surface area contributed by atoms with Gasteiger partial charge in [-0.3, -0.25) is 9.59 Å². The third-order valence-corrected chi connectivity index (χ3v) is 6.10. The molecule has 7 nitrogen and oxygen atoms in total. The van der Waals surface area contributed by atoms with Gasteiger partial charge in [0.2, 0.25) is 11.5 Å². The van der Waals surface area contributed by atoms with Crippen molar-refractivity contribution < 1.29 is 26.7 Å². The number of aromatic nitrogens is 2. The van der Waals surface area contributed by atoms with E-state index in [0.29, 0.717) is 31.9 Å². The van der Waals surface area contributed by atoms with Crippen LogP contribution in [0.15, 0.2) is 47.4 Å². The van der Waals surface area contributed by atoms with Crippen molar-refractivity contribution in [1.29, 1.82) is 0 Å². The molecule has 0 saturated carbocycles. The van der Waals surface area contributed by atoms with E-state index in [-0.39, 0.29) is 28.7 Å². The molecule has 1 saturated heterocycles. The number of halogens is 5. The number of piperazine rings is 1. The van der Waals surface area contributed by atoms with Gasteiger partial charge in [-0.15, -0.1) is 0 Å². The molecular weight excluding hydrogens is 485 g/mol. The molecule has 36 heavy (non-hydrogen) atoms. The minimum absolute atomic E-state index is 0.0125. The number of rotatable bonds is 4. The molecule has 1 unspecified atom stereocenters. The molecule has 3 aromatic rings. The summed E-state index contributed by atoms with van der Waals surface area (Å²) in [4.78, 5) is 34.1. The zero-order valence-corrected chi connectivity index (χ0v) is 19.3. The fourth-order valence-corrected chi connectivity index (χ4v) is 4.03. The summed E-state index contributed by atoms with van der Waals surface area (Å²) in [6.45, 7) is 3.51. The van der Waals surface area contributed by atoms with Crippen LogP contribution in [0.3, 0.4) is 0 Å². The summed E-state index contributed by atoms with van der Waals surface area (Å²) in [6, 6.07) is 6.52. The number of benzene rings is 1. The lowest BCUT2D eigenvalue weighted by atomic mass is 10.0. The molecule has 1 atom stereocenters. The van der Waals surface area contributed by atoms with Crippen molar-refractivity contribution in [1.82, 2.24) is 14.9 Å². The number of alkyl halides is 3. The Morgan fingerprint density at radius 2 is 1.92 bits per heavy atom. The molecule has 2 aromatic heterocycles. The van der Waals surface area contributed by atoms with Crippen LogP contribution in [0.1, 0.15) is 22.8 Å². The first-order valence-electron chi connectivity index (χ1n) is 11.0. The van der Waals surface area contributed by atoms with Crippen LogP contribution in [0, 0.1) is 11.8 Å². The van der Waals surface area contributed by atoms with Gasteiger partial charge in [0, 0.05) is 43.5 Å². The van der Waals surface area contributed by atoms with Gasteiger partial charge in [-0.1, -0.05) is 6.07 Å². The topological polar surface area (TPSA) is 81.3 Å². The summed E-state index contributed by atoms with van der Waals surface area (Å²) in [5.74, 6) is -2.75. The van der Waals surface area contributed by atoms with E-state index in [2.05, 4.69) is 20.2 Å². The maximum atomic E-state index is 15.2. The standard InChI is InChI=1S/C24H22F5N5O2/c1-13-12-34(7-6-33(13)2)20-10-17(25)14(18-4-3-5-21(26)31-18)8-19(20)32-23(36)15-11-30-22(35)9-16(15)24(27,28)29/h3-5,8-11,13H,6-7,12H2,1-2H3,(H,30,35)(H,32,36). The predicted octanol–water partition coefficient (Wildman–Crippen LogP) is 4.13. The Labute approximate surface area is 202 Å². The second kappa shape index (κ2) is 9.69. The summed E-state index contributed by atoms with van der Waals surface area (Å²) >= 11 is 0. The number of hydrogen-bond donors (Lipinski definition) is 2. The first-order valence-corrected chi connectivity index (χ1v) is 11.0. The number of likely N-dealkylation sites (N-methyl/N-ethyl adjacent to an activating group) is 1. The van der Waals surface area contributed by atoms with Crippen molar-refractivity contribution in [2.45, 2.75) is 19.1 Å². The van der Waals surface area contributed by atoms with Crippen molar-refractivity contribution in [3.05, 3.63) is 75.8 Å². The number of carbonyl (C=O) groups excluding carboxylic acids is 1. The molecule has 12 heteroatoms. The molecule has 1 fully saturated rings. The monoisotopic (exact) mass is 507 g/mol. The van der Waals surface area contributed by atoms with E-state index in [4.69, 9.17) is 0 Å². The predicted molar refractivity (Wildman–Crippen MR) is 124 cm³/mol. The highest BCUT2D eigenvalue weighted by atomic mass is 19.4. The molecular formula is C24H22F5N5O2. The number of aromatic amines is 1. The van der Waals surface area contributed by atoms with Crippen LogP contribution in [0.4, 0.5) is 33.3 Å². The number of pyridine rings is 2. The molecule has 1 aromatic carbocycles. The zero-order valence-electron chi connectivity index (χ0n) is 19.3. The van der Waals surface area contributed by atoms with Crippen LogP contribution in [0.2, 0.25) is 0 Å². The van der Waals surface area contributed by atoms with Crippen molar-refractivity contribution in [3.63, 3.8) is 0 Å². The van der Waals surface area contributed by atoms with E-state index in [0.717, 1.165) is 12.1 Å². The zero-order chi connectivity index (χ0) is 26.2. The highest BCUT2D eigenvalue weighted by molar-refractivity contribution is 6.07. The third-order valence-electron chi connectivity index (χ3n) is 6.10. The van der Waals surface area contributed by atoms with Crippen LogP contribution in [-0.2, 0) is 6.18 Å². The van der Waals surface area contributed by atoms with E-state index in [1.54, 1.807) is 0 Å². The second-order valence-corrected chi connectivity index (χ2v) is 8.55. The number of H-pyrrole nitrogens is 1. The Bertz CT molecular complexity index is 1360. The molecule has 190 valence electrons. The summed E-state index contributed by atoms with van der Waals surface area (Å²) < 4.78 is 69.4. The normalized spacial score (nSPS) is 16.8. The van der Waals surface area contributed by atoms with E-state index in [1.165, 1.54) is 18.2 Å². The molecule has 0 radical (unpaired) electrons. The van der Waals surface area contributed by atoms with E-state index in [1.807, 2.05) is 18.9 Å². The molecule has 3 heterocycles. The highest BCUT2D eigenvalue weighted by Gasteiger charge is 2.36. The van der Waals surface area contributed by atoms with Gasteiger partial charge < -0.3 is 20.1 Å². The molecule has 1 amide bonds.